The van der Waals surface area contributed by atoms with Gasteiger partial charge in [-0.1, -0.05) is 42.0 Å². The summed E-state index contributed by atoms with van der Waals surface area (Å²) in [5, 5.41) is 2.66. The summed E-state index contributed by atoms with van der Waals surface area (Å²) in [5.74, 6) is -0.0931. The third-order valence-corrected chi connectivity index (χ3v) is 3.90. The minimum absolute atomic E-state index is 0.0931. The van der Waals surface area contributed by atoms with Gasteiger partial charge in [-0.25, -0.2) is 4.98 Å². The van der Waals surface area contributed by atoms with Gasteiger partial charge in [0.05, 0.1) is 0 Å². The number of thiazole rings is 1. The van der Waals surface area contributed by atoms with E-state index in [1.807, 2.05) is 31.2 Å². The standard InChI is InChI=1S/C17H18N2OS/c1-4-10-19(11-5-2)17(20)15-12-21-16(18-15)14-8-6-13(3)7-9-14/h4-9,12H,1-2,10-11H2,3H3. The largest absolute Gasteiger partial charge is 0.330 e. The molecular weight excluding hydrogens is 280 g/mol. The molecule has 1 amide bonds. The summed E-state index contributed by atoms with van der Waals surface area (Å²) < 4.78 is 0. The first-order chi connectivity index (χ1) is 10.2. The Kier molecular flexibility index (Phi) is 5.06. The Hall–Kier alpha value is -2.20. The quantitative estimate of drug-likeness (QED) is 0.757. The van der Waals surface area contributed by atoms with Gasteiger partial charge >= 0.3 is 0 Å². The van der Waals surface area contributed by atoms with Crippen LogP contribution in [-0.4, -0.2) is 28.9 Å². The van der Waals surface area contributed by atoms with Crippen LogP contribution in [0.3, 0.4) is 0 Å². The topological polar surface area (TPSA) is 33.2 Å². The van der Waals surface area contributed by atoms with E-state index in [0.29, 0.717) is 18.8 Å². The minimum atomic E-state index is -0.0931. The Morgan fingerprint density at radius 1 is 1.24 bits per heavy atom. The molecule has 0 radical (unpaired) electrons. The smallest absolute Gasteiger partial charge is 0.273 e. The third kappa shape index (κ3) is 3.67. The average molecular weight is 298 g/mol. The third-order valence-electron chi connectivity index (χ3n) is 3.01. The summed E-state index contributed by atoms with van der Waals surface area (Å²) in [6.07, 6.45) is 3.41. The van der Waals surface area contributed by atoms with Crippen molar-refractivity contribution in [3.63, 3.8) is 0 Å². The second-order valence-corrected chi connectivity index (χ2v) is 5.55. The highest BCUT2D eigenvalue weighted by Gasteiger charge is 2.17. The molecule has 0 bridgehead atoms. The van der Waals surface area contributed by atoms with Crippen molar-refractivity contribution in [3.05, 3.63) is 66.2 Å². The lowest BCUT2D eigenvalue weighted by atomic mass is 10.2. The lowest BCUT2D eigenvalue weighted by molar-refractivity contribution is 0.0786. The normalized spacial score (nSPS) is 10.1. The Morgan fingerprint density at radius 3 is 2.43 bits per heavy atom. The Morgan fingerprint density at radius 2 is 1.86 bits per heavy atom. The van der Waals surface area contributed by atoms with Crippen molar-refractivity contribution >= 4 is 17.2 Å². The fourth-order valence-electron chi connectivity index (χ4n) is 1.91. The predicted octanol–water partition coefficient (Wildman–Crippen LogP) is 3.93. The molecule has 4 heteroatoms. The lowest BCUT2D eigenvalue weighted by Gasteiger charge is -2.17. The van der Waals surface area contributed by atoms with Gasteiger partial charge in [0.15, 0.2) is 0 Å². The molecule has 1 aromatic carbocycles. The summed E-state index contributed by atoms with van der Waals surface area (Å²) in [6.45, 7) is 10.4. The highest BCUT2D eigenvalue weighted by Crippen LogP contribution is 2.24. The van der Waals surface area contributed by atoms with E-state index < -0.39 is 0 Å². The van der Waals surface area contributed by atoms with Gasteiger partial charge in [-0.15, -0.1) is 24.5 Å². The van der Waals surface area contributed by atoms with E-state index >= 15 is 0 Å². The Balaban J connectivity index is 2.22. The average Bonchev–Trinajstić information content (AvgIpc) is 2.97. The van der Waals surface area contributed by atoms with Crippen LogP contribution in [-0.2, 0) is 0 Å². The number of benzene rings is 1. The number of rotatable bonds is 6. The van der Waals surface area contributed by atoms with Gasteiger partial charge in [-0.3, -0.25) is 4.79 Å². The van der Waals surface area contributed by atoms with Gasteiger partial charge in [-0.05, 0) is 6.92 Å². The molecule has 0 aliphatic heterocycles. The van der Waals surface area contributed by atoms with E-state index in [1.165, 1.54) is 16.9 Å². The van der Waals surface area contributed by atoms with Crippen molar-refractivity contribution in [2.45, 2.75) is 6.92 Å². The van der Waals surface area contributed by atoms with Crippen LogP contribution in [0.4, 0.5) is 0 Å². The van der Waals surface area contributed by atoms with Crippen molar-refractivity contribution in [3.8, 4) is 10.6 Å². The molecule has 0 N–H and O–H groups in total. The van der Waals surface area contributed by atoms with Gasteiger partial charge in [0.2, 0.25) is 0 Å². The van der Waals surface area contributed by atoms with Gasteiger partial charge < -0.3 is 4.90 Å². The predicted molar refractivity (Wildman–Crippen MR) is 88.6 cm³/mol. The zero-order valence-corrected chi connectivity index (χ0v) is 12.9. The molecule has 0 saturated heterocycles. The molecule has 21 heavy (non-hydrogen) atoms. The molecule has 0 saturated carbocycles. The van der Waals surface area contributed by atoms with Gasteiger partial charge in [0.25, 0.3) is 5.91 Å². The van der Waals surface area contributed by atoms with E-state index in [-0.39, 0.29) is 5.91 Å². The van der Waals surface area contributed by atoms with Crippen molar-refractivity contribution in [1.29, 1.82) is 0 Å². The van der Waals surface area contributed by atoms with Crippen LogP contribution < -0.4 is 0 Å². The fourth-order valence-corrected chi connectivity index (χ4v) is 2.71. The summed E-state index contributed by atoms with van der Waals surface area (Å²) in [4.78, 5) is 18.5. The number of hydrogen-bond acceptors (Lipinski definition) is 3. The molecule has 108 valence electrons. The fraction of sp³-hybridized carbons (Fsp3) is 0.176. The number of carbonyl (C=O) groups excluding carboxylic acids is 1. The highest BCUT2D eigenvalue weighted by molar-refractivity contribution is 7.13. The summed E-state index contributed by atoms with van der Waals surface area (Å²) in [6, 6.07) is 8.13. The molecule has 2 aromatic rings. The maximum atomic E-state index is 12.4. The summed E-state index contributed by atoms with van der Waals surface area (Å²) in [7, 11) is 0. The second kappa shape index (κ2) is 6.99. The first kappa shape index (κ1) is 15.2. The van der Waals surface area contributed by atoms with Gasteiger partial charge in [0.1, 0.15) is 10.7 Å². The second-order valence-electron chi connectivity index (χ2n) is 4.69. The molecule has 0 unspecified atom stereocenters. The molecule has 0 atom stereocenters. The number of aromatic nitrogens is 1. The van der Waals surface area contributed by atoms with Crippen LogP contribution in [0, 0.1) is 6.92 Å². The molecule has 3 nitrogen and oxygen atoms in total. The van der Waals surface area contributed by atoms with Crippen LogP contribution in [0.1, 0.15) is 16.1 Å². The molecule has 1 heterocycles. The first-order valence-electron chi connectivity index (χ1n) is 6.69. The van der Waals surface area contributed by atoms with Crippen molar-refractivity contribution in [2.75, 3.05) is 13.1 Å². The number of hydrogen-bond donors (Lipinski definition) is 0. The summed E-state index contributed by atoms with van der Waals surface area (Å²) >= 11 is 1.48. The Bertz CT molecular complexity index is 633. The molecule has 0 fully saturated rings. The summed E-state index contributed by atoms with van der Waals surface area (Å²) in [5.41, 5.74) is 2.71. The van der Waals surface area contributed by atoms with Crippen molar-refractivity contribution < 1.29 is 4.79 Å². The van der Waals surface area contributed by atoms with Crippen LogP contribution >= 0.6 is 11.3 Å². The lowest BCUT2D eigenvalue weighted by Crippen LogP contribution is -2.31. The molecule has 0 aliphatic carbocycles. The highest BCUT2D eigenvalue weighted by atomic mass is 32.1. The number of nitrogens with zero attached hydrogens (tertiary/aromatic N) is 2. The zero-order valence-electron chi connectivity index (χ0n) is 12.1. The zero-order chi connectivity index (χ0) is 15.2. The van der Waals surface area contributed by atoms with Crippen molar-refractivity contribution in [1.82, 2.24) is 9.88 Å². The van der Waals surface area contributed by atoms with Crippen LogP contribution in [0.25, 0.3) is 10.6 Å². The van der Waals surface area contributed by atoms with E-state index in [0.717, 1.165) is 10.6 Å². The van der Waals surface area contributed by atoms with E-state index in [4.69, 9.17) is 0 Å². The minimum Gasteiger partial charge on any atom is -0.330 e. The van der Waals surface area contributed by atoms with Crippen LogP contribution in [0.15, 0.2) is 55.0 Å². The molecule has 0 spiro atoms. The SMILES string of the molecule is C=CCN(CC=C)C(=O)c1csc(-c2ccc(C)cc2)n1. The Labute approximate surface area is 129 Å². The maximum absolute atomic E-state index is 12.4. The number of aryl methyl sites for hydroxylation is 1. The number of amides is 1. The van der Waals surface area contributed by atoms with Gasteiger partial charge in [0, 0.05) is 24.0 Å². The monoisotopic (exact) mass is 298 g/mol. The molecule has 1 aromatic heterocycles. The van der Waals surface area contributed by atoms with E-state index in [1.54, 1.807) is 22.4 Å². The van der Waals surface area contributed by atoms with Crippen LogP contribution in [0.5, 0.6) is 0 Å². The van der Waals surface area contributed by atoms with E-state index in [9.17, 15) is 4.79 Å². The van der Waals surface area contributed by atoms with Crippen molar-refractivity contribution in [2.24, 2.45) is 0 Å². The molecular formula is C17H18N2OS. The van der Waals surface area contributed by atoms with Crippen LogP contribution in [0.2, 0.25) is 0 Å². The first-order valence-corrected chi connectivity index (χ1v) is 7.57. The number of carbonyl (C=O) groups is 1. The maximum Gasteiger partial charge on any atom is 0.273 e. The van der Waals surface area contributed by atoms with Gasteiger partial charge in [-0.2, -0.15) is 0 Å². The van der Waals surface area contributed by atoms with E-state index in [2.05, 4.69) is 18.1 Å². The molecule has 0 aliphatic rings. The molecule has 2 rings (SSSR count).